The van der Waals surface area contributed by atoms with Crippen LogP contribution in [0.5, 0.6) is 0 Å². The Morgan fingerprint density at radius 2 is 1.76 bits per heavy atom. The average molecular weight is 468 g/mol. The fourth-order valence-electron chi connectivity index (χ4n) is 4.40. The van der Waals surface area contributed by atoms with Gasteiger partial charge in [-0.3, -0.25) is 9.88 Å². The predicted molar refractivity (Wildman–Crippen MR) is 129 cm³/mol. The van der Waals surface area contributed by atoms with Crippen molar-refractivity contribution in [3.8, 4) is 11.3 Å². The summed E-state index contributed by atoms with van der Waals surface area (Å²) in [5, 5.41) is 0.0212. The van der Waals surface area contributed by atoms with Crippen molar-refractivity contribution in [2.24, 2.45) is 0 Å². The van der Waals surface area contributed by atoms with Gasteiger partial charge in [0.15, 0.2) is 14.9 Å². The summed E-state index contributed by atoms with van der Waals surface area (Å²) in [6, 6.07) is 6.98. The second-order valence-corrected chi connectivity index (χ2v) is 10.6. The quantitative estimate of drug-likeness (QED) is 0.510. The monoisotopic (exact) mass is 467 g/mol. The molecule has 9 heteroatoms. The molecular weight excluding hydrogens is 438 g/mol. The minimum atomic E-state index is -3.38. The molecule has 0 radical (unpaired) electrons. The second kappa shape index (κ2) is 9.05. The molecule has 3 aromatic rings. The molecule has 0 saturated carbocycles. The van der Waals surface area contributed by atoms with E-state index in [0.717, 1.165) is 43.2 Å². The van der Waals surface area contributed by atoms with Gasteiger partial charge in [0.1, 0.15) is 5.52 Å². The van der Waals surface area contributed by atoms with Crippen LogP contribution in [-0.4, -0.2) is 53.6 Å². The number of sulfone groups is 1. The molecule has 2 amide bonds. The van der Waals surface area contributed by atoms with E-state index in [1.54, 1.807) is 11.0 Å². The van der Waals surface area contributed by atoms with Gasteiger partial charge in [-0.15, -0.1) is 0 Å². The van der Waals surface area contributed by atoms with Gasteiger partial charge in [0.2, 0.25) is 0 Å². The van der Waals surface area contributed by atoms with E-state index in [1.165, 1.54) is 12.3 Å². The van der Waals surface area contributed by atoms with Crippen molar-refractivity contribution in [2.45, 2.75) is 57.1 Å². The Bertz CT molecular complexity index is 1290. The molecule has 0 aromatic carbocycles. The molecule has 1 aliphatic rings. The molecule has 0 spiro atoms. The summed E-state index contributed by atoms with van der Waals surface area (Å²) in [7, 11) is -1.56. The molecule has 174 valence electrons. The Labute approximate surface area is 194 Å². The van der Waals surface area contributed by atoms with Crippen LogP contribution in [0, 0.1) is 0 Å². The standard InChI is InChI=1S/C24H29N5O3S/c1-5-7-18(8-6-2)29-23-17(15-28(3)24(29)30)14-25-20-11-10-19(27-22(20)23)16-9-12-21(26-13-16)33(4,31)32/h9-14,18H,5-8,15H2,1-4H3. The summed E-state index contributed by atoms with van der Waals surface area (Å²) in [6.45, 7) is 4.75. The van der Waals surface area contributed by atoms with Crippen molar-refractivity contribution < 1.29 is 13.2 Å². The SMILES string of the molecule is CCCC(CCC)N1C(=O)N(C)Cc2cnc3ccc(-c4ccc(S(C)(=O)=O)nc4)nc3c21. The first-order valence-electron chi connectivity index (χ1n) is 11.2. The summed E-state index contributed by atoms with van der Waals surface area (Å²) >= 11 is 0. The lowest BCUT2D eigenvalue weighted by Gasteiger charge is -2.40. The number of hydrogen-bond donors (Lipinski definition) is 0. The van der Waals surface area contributed by atoms with E-state index in [4.69, 9.17) is 4.98 Å². The highest BCUT2D eigenvalue weighted by Crippen LogP contribution is 2.37. The third-order valence-electron chi connectivity index (χ3n) is 5.96. The van der Waals surface area contributed by atoms with Gasteiger partial charge in [-0.1, -0.05) is 26.7 Å². The Hall–Kier alpha value is -3.07. The molecule has 0 atom stereocenters. The number of hydrogen-bond acceptors (Lipinski definition) is 6. The Kier molecular flexibility index (Phi) is 6.34. The predicted octanol–water partition coefficient (Wildman–Crippen LogP) is 4.44. The molecule has 1 aliphatic heterocycles. The number of rotatable bonds is 7. The maximum absolute atomic E-state index is 13.3. The Morgan fingerprint density at radius 3 is 2.36 bits per heavy atom. The van der Waals surface area contributed by atoms with Crippen LogP contribution in [-0.2, 0) is 16.4 Å². The van der Waals surface area contributed by atoms with Crippen LogP contribution in [0.3, 0.4) is 0 Å². The number of urea groups is 1. The molecule has 8 nitrogen and oxygen atoms in total. The second-order valence-electron chi connectivity index (χ2n) is 8.59. The van der Waals surface area contributed by atoms with Crippen molar-refractivity contribution in [2.75, 3.05) is 18.2 Å². The molecule has 0 fully saturated rings. The Morgan fingerprint density at radius 1 is 1.03 bits per heavy atom. The third kappa shape index (κ3) is 4.42. The smallest absolute Gasteiger partial charge is 0.323 e. The summed E-state index contributed by atoms with van der Waals surface area (Å²) in [4.78, 5) is 30.6. The van der Waals surface area contributed by atoms with E-state index in [-0.39, 0.29) is 17.1 Å². The molecular formula is C24H29N5O3S. The minimum Gasteiger partial charge on any atom is -0.323 e. The summed E-state index contributed by atoms with van der Waals surface area (Å²) in [5.74, 6) is 0. The number of carbonyl (C=O) groups excluding carboxylic acids is 1. The first kappa shape index (κ1) is 23.1. The molecule has 0 unspecified atom stereocenters. The minimum absolute atomic E-state index is 0.0201. The van der Waals surface area contributed by atoms with Gasteiger partial charge >= 0.3 is 6.03 Å². The molecule has 4 rings (SSSR count). The van der Waals surface area contributed by atoms with E-state index in [2.05, 4.69) is 23.8 Å². The molecule has 4 heterocycles. The average Bonchev–Trinajstić information content (AvgIpc) is 2.79. The van der Waals surface area contributed by atoms with Crippen LogP contribution < -0.4 is 4.90 Å². The summed E-state index contributed by atoms with van der Waals surface area (Å²) < 4.78 is 23.5. The molecule has 0 N–H and O–H groups in total. The lowest BCUT2D eigenvalue weighted by Crippen LogP contribution is -2.50. The normalized spacial score (nSPS) is 14.3. The number of pyridine rings is 3. The van der Waals surface area contributed by atoms with Crippen molar-refractivity contribution in [1.82, 2.24) is 19.9 Å². The third-order valence-corrected chi connectivity index (χ3v) is 6.97. The van der Waals surface area contributed by atoms with Crippen molar-refractivity contribution in [3.63, 3.8) is 0 Å². The lowest BCUT2D eigenvalue weighted by atomic mass is 10.0. The van der Waals surface area contributed by atoms with Gasteiger partial charge in [-0.05, 0) is 37.1 Å². The summed E-state index contributed by atoms with van der Waals surface area (Å²) in [5.41, 5.74) is 4.54. The zero-order chi connectivity index (χ0) is 23.8. The van der Waals surface area contributed by atoms with Crippen LogP contribution in [0.2, 0.25) is 0 Å². The maximum atomic E-state index is 13.3. The number of fused-ring (bicyclic) bond motifs is 3. The van der Waals surface area contributed by atoms with E-state index in [1.807, 2.05) is 30.3 Å². The first-order chi connectivity index (χ1) is 15.7. The lowest BCUT2D eigenvalue weighted by molar-refractivity contribution is 0.206. The van der Waals surface area contributed by atoms with E-state index in [9.17, 15) is 13.2 Å². The van der Waals surface area contributed by atoms with Gasteiger partial charge in [-0.25, -0.2) is 23.2 Å². The highest BCUT2D eigenvalue weighted by atomic mass is 32.2. The van der Waals surface area contributed by atoms with Gasteiger partial charge in [0.25, 0.3) is 0 Å². The number of amides is 2. The highest BCUT2D eigenvalue weighted by molar-refractivity contribution is 7.90. The van der Waals surface area contributed by atoms with Gasteiger partial charge in [0.05, 0.1) is 23.4 Å². The Balaban J connectivity index is 1.88. The van der Waals surface area contributed by atoms with Crippen LogP contribution in [0.4, 0.5) is 10.5 Å². The largest absolute Gasteiger partial charge is 0.324 e. The van der Waals surface area contributed by atoms with Crippen LogP contribution in [0.1, 0.15) is 45.1 Å². The number of nitrogens with zero attached hydrogens (tertiary/aromatic N) is 5. The van der Waals surface area contributed by atoms with Crippen LogP contribution in [0.25, 0.3) is 22.3 Å². The number of carbonyl (C=O) groups is 1. The van der Waals surface area contributed by atoms with Gasteiger partial charge in [-0.2, -0.15) is 0 Å². The fraction of sp³-hybridized carbons (Fsp3) is 0.417. The number of anilines is 1. The van der Waals surface area contributed by atoms with E-state index in [0.29, 0.717) is 28.8 Å². The van der Waals surface area contributed by atoms with E-state index < -0.39 is 9.84 Å². The zero-order valence-electron chi connectivity index (χ0n) is 19.4. The van der Waals surface area contributed by atoms with Crippen LogP contribution >= 0.6 is 0 Å². The molecule has 0 saturated heterocycles. The number of aromatic nitrogens is 3. The summed E-state index contributed by atoms with van der Waals surface area (Å²) in [6.07, 6.45) is 8.27. The molecule has 0 aliphatic carbocycles. The van der Waals surface area contributed by atoms with Crippen molar-refractivity contribution >= 4 is 32.6 Å². The first-order valence-corrected chi connectivity index (χ1v) is 13.1. The van der Waals surface area contributed by atoms with Crippen molar-refractivity contribution in [1.29, 1.82) is 0 Å². The molecule has 3 aromatic heterocycles. The van der Waals surface area contributed by atoms with Gasteiger partial charge in [0, 0.05) is 42.9 Å². The van der Waals surface area contributed by atoms with Gasteiger partial charge < -0.3 is 4.90 Å². The van der Waals surface area contributed by atoms with Crippen LogP contribution in [0.15, 0.2) is 41.7 Å². The molecule has 33 heavy (non-hydrogen) atoms. The maximum Gasteiger partial charge on any atom is 0.324 e. The molecule has 0 bridgehead atoms. The highest BCUT2D eigenvalue weighted by Gasteiger charge is 2.35. The van der Waals surface area contributed by atoms with E-state index >= 15 is 0 Å². The van der Waals surface area contributed by atoms with Crippen molar-refractivity contribution in [3.05, 3.63) is 42.2 Å². The zero-order valence-corrected chi connectivity index (χ0v) is 20.3. The fourth-order valence-corrected chi connectivity index (χ4v) is 4.96. The topological polar surface area (TPSA) is 96.4 Å².